The SMILES string of the molecule is COc1ccc([C@H](c2nnnn2Cc2ccc(F)cc2)N2CCN(C(=O)c3ccco3)CC2)cc1. The fraction of sp³-hybridized carbons (Fsp3) is 0.280. The van der Waals surface area contributed by atoms with Crippen LogP contribution in [0.25, 0.3) is 0 Å². The number of tetrazole rings is 1. The second kappa shape index (κ2) is 10.1. The van der Waals surface area contributed by atoms with E-state index in [0.717, 1.165) is 16.9 Å². The van der Waals surface area contributed by atoms with Crippen molar-refractivity contribution in [2.45, 2.75) is 12.6 Å². The Morgan fingerprint density at radius 3 is 2.46 bits per heavy atom. The number of nitrogens with zero attached hydrogens (tertiary/aromatic N) is 6. The lowest BCUT2D eigenvalue weighted by atomic mass is 10.0. The van der Waals surface area contributed by atoms with Crippen LogP contribution in [-0.2, 0) is 6.54 Å². The zero-order valence-electron chi connectivity index (χ0n) is 19.2. The van der Waals surface area contributed by atoms with E-state index in [0.29, 0.717) is 44.3 Å². The third-order valence-electron chi connectivity index (χ3n) is 6.18. The van der Waals surface area contributed by atoms with E-state index in [1.165, 1.54) is 18.4 Å². The number of benzene rings is 2. The lowest BCUT2D eigenvalue weighted by Crippen LogP contribution is -2.50. The van der Waals surface area contributed by atoms with E-state index < -0.39 is 0 Å². The molecule has 180 valence electrons. The summed E-state index contributed by atoms with van der Waals surface area (Å²) in [6.45, 7) is 2.77. The molecule has 1 aliphatic rings. The monoisotopic (exact) mass is 476 g/mol. The quantitative estimate of drug-likeness (QED) is 0.405. The predicted molar refractivity (Wildman–Crippen MR) is 124 cm³/mol. The normalized spacial score (nSPS) is 15.2. The molecule has 4 aromatic rings. The third-order valence-corrected chi connectivity index (χ3v) is 6.18. The number of hydrogen-bond acceptors (Lipinski definition) is 7. The van der Waals surface area contributed by atoms with Gasteiger partial charge in [-0.1, -0.05) is 24.3 Å². The highest BCUT2D eigenvalue weighted by atomic mass is 19.1. The summed E-state index contributed by atoms with van der Waals surface area (Å²) in [5, 5.41) is 12.5. The van der Waals surface area contributed by atoms with Crippen molar-refractivity contribution in [3.63, 3.8) is 0 Å². The van der Waals surface area contributed by atoms with Gasteiger partial charge in [-0.25, -0.2) is 9.07 Å². The van der Waals surface area contributed by atoms with Crippen molar-refractivity contribution in [2.75, 3.05) is 33.3 Å². The van der Waals surface area contributed by atoms with Crippen LogP contribution < -0.4 is 4.74 Å². The molecule has 9 nitrogen and oxygen atoms in total. The Labute approximate surface area is 201 Å². The minimum Gasteiger partial charge on any atom is -0.497 e. The number of methoxy groups -OCH3 is 1. The van der Waals surface area contributed by atoms with Crippen LogP contribution in [0.4, 0.5) is 4.39 Å². The Kier molecular flexibility index (Phi) is 6.53. The van der Waals surface area contributed by atoms with Crippen molar-refractivity contribution in [3.8, 4) is 5.75 Å². The van der Waals surface area contributed by atoms with E-state index in [9.17, 15) is 9.18 Å². The number of furan rings is 1. The number of amides is 1. The van der Waals surface area contributed by atoms with E-state index in [1.54, 1.807) is 41.0 Å². The van der Waals surface area contributed by atoms with Crippen LogP contribution in [0.3, 0.4) is 0 Å². The first-order valence-electron chi connectivity index (χ1n) is 11.3. The molecule has 1 atom stereocenters. The van der Waals surface area contributed by atoms with Crippen molar-refractivity contribution in [3.05, 3.63) is 95.5 Å². The Hall–Kier alpha value is -4.05. The second-order valence-corrected chi connectivity index (χ2v) is 8.30. The number of rotatable bonds is 7. The molecule has 0 radical (unpaired) electrons. The highest BCUT2D eigenvalue weighted by molar-refractivity contribution is 5.91. The highest BCUT2D eigenvalue weighted by Crippen LogP contribution is 2.30. The number of halogens is 1. The number of piperazine rings is 1. The Morgan fingerprint density at radius 2 is 1.80 bits per heavy atom. The molecule has 0 N–H and O–H groups in total. The maximum absolute atomic E-state index is 13.4. The number of carbonyl (C=O) groups is 1. The van der Waals surface area contributed by atoms with Crippen molar-refractivity contribution in [1.29, 1.82) is 0 Å². The first kappa shape index (κ1) is 22.7. The standard InChI is InChI=1S/C25H25FN6O3/c1-34-21-10-6-19(7-11-21)23(24-27-28-29-32(24)17-18-4-8-20(26)9-5-18)30-12-14-31(15-13-30)25(33)22-3-2-16-35-22/h2-11,16,23H,12-15,17H2,1H3/t23-/m1/s1. The van der Waals surface area contributed by atoms with Gasteiger partial charge < -0.3 is 14.1 Å². The van der Waals surface area contributed by atoms with Crippen LogP contribution in [-0.4, -0.2) is 69.2 Å². The van der Waals surface area contributed by atoms with E-state index in [1.807, 2.05) is 24.3 Å². The molecule has 2 aromatic carbocycles. The number of aromatic nitrogens is 4. The molecule has 1 amide bonds. The Morgan fingerprint density at radius 1 is 1.06 bits per heavy atom. The summed E-state index contributed by atoms with van der Waals surface area (Å²) in [6.07, 6.45) is 1.50. The zero-order chi connectivity index (χ0) is 24.2. The molecule has 0 saturated carbocycles. The number of hydrogen-bond donors (Lipinski definition) is 0. The van der Waals surface area contributed by atoms with Gasteiger partial charge in [-0.2, -0.15) is 0 Å². The summed E-state index contributed by atoms with van der Waals surface area (Å²) in [5.41, 5.74) is 1.90. The smallest absolute Gasteiger partial charge is 0.289 e. The van der Waals surface area contributed by atoms with Gasteiger partial charge in [-0.15, -0.1) is 5.10 Å². The van der Waals surface area contributed by atoms with E-state index in [4.69, 9.17) is 9.15 Å². The lowest BCUT2D eigenvalue weighted by Gasteiger charge is -2.38. The van der Waals surface area contributed by atoms with Crippen LogP contribution in [0, 0.1) is 5.82 Å². The summed E-state index contributed by atoms with van der Waals surface area (Å²) >= 11 is 0. The first-order chi connectivity index (χ1) is 17.1. The average Bonchev–Trinajstić information content (AvgIpc) is 3.59. The van der Waals surface area contributed by atoms with E-state index in [-0.39, 0.29) is 17.8 Å². The fourth-order valence-corrected chi connectivity index (χ4v) is 4.33. The number of ether oxygens (including phenoxy) is 1. The van der Waals surface area contributed by atoms with Crippen LogP contribution in [0.2, 0.25) is 0 Å². The molecule has 0 unspecified atom stereocenters. The molecule has 0 bridgehead atoms. The molecule has 10 heteroatoms. The van der Waals surface area contributed by atoms with Gasteiger partial charge in [-0.05, 0) is 58.0 Å². The van der Waals surface area contributed by atoms with Crippen molar-refractivity contribution in [1.82, 2.24) is 30.0 Å². The third kappa shape index (κ3) is 4.92. The largest absolute Gasteiger partial charge is 0.497 e. The molecule has 1 saturated heterocycles. The van der Waals surface area contributed by atoms with E-state index >= 15 is 0 Å². The minimum atomic E-state index is -0.288. The van der Waals surface area contributed by atoms with Gasteiger partial charge in [0.25, 0.3) is 5.91 Å². The summed E-state index contributed by atoms with van der Waals surface area (Å²) in [5.74, 6) is 1.37. The maximum atomic E-state index is 13.4. The molecule has 0 aliphatic carbocycles. The minimum absolute atomic E-state index is 0.114. The zero-order valence-corrected chi connectivity index (χ0v) is 19.2. The van der Waals surface area contributed by atoms with Gasteiger partial charge in [-0.3, -0.25) is 9.69 Å². The van der Waals surface area contributed by atoms with Gasteiger partial charge in [0, 0.05) is 26.2 Å². The summed E-state index contributed by atoms with van der Waals surface area (Å²) in [7, 11) is 1.63. The second-order valence-electron chi connectivity index (χ2n) is 8.30. The molecule has 2 aromatic heterocycles. The molecular formula is C25H25FN6O3. The van der Waals surface area contributed by atoms with Gasteiger partial charge >= 0.3 is 0 Å². The van der Waals surface area contributed by atoms with E-state index in [2.05, 4.69) is 20.4 Å². The molecule has 35 heavy (non-hydrogen) atoms. The molecule has 0 spiro atoms. The number of carbonyl (C=O) groups excluding carboxylic acids is 1. The van der Waals surface area contributed by atoms with Crippen molar-refractivity contribution in [2.24, 2.45) is 0 Å². The van der Waals surface area contributed by atoms with Crippen LogP contribution in [0.15, 0.2) is 71.3 Å². The van der Waals surface area contributed by atoms with Crippen LogP contribution >= 0.6 is 0 Å². The lowest BCUT2D eigenvalue weighted by molar-refractivity contribution is 0.0559. The fourth-order valence-electron chi connectivity index (χ4n) is 4.33. The molecule has 1 fully saturated rings. The van der Waals surface area contributed by atoms with Gasteiger partial charge in [0.2, 0.25) is 0 Å². The predicted octanol–water partition coefficient (Wildman–Crippen LogP) is 3.01. The van der Waals surface area contributed by atoms with Gasteiger partial charge in [0.15, 0.2) is 11.6 Å². The Bertz CT molecular complexity index is 1250. The topological polar surface area (TPSA) is 89.5 Å². The summed E-state index contributed by atoms with van der Waals surface area (Å²) in [4.78, 5) is 16.8. The van der Waals surface area contributed by atoms with Gasteiger partial charge in [0.1, 0.15) is 11.6 Å². The van der Waals surface area contributed by atoms with Crippen LogP contribution in [0.1, 0.15) is 33.5 Å². The van der Waals surface area contributed by atoms with Crippen LogP contribution in [0.5, 0.6) is 5.75 Å². The average molecular weight is 477 g/mol. The molecule has 1 aliphatic heterocycles. The van der Waals surface area contributed by atoms with Gasteiger partial charge in [0.05, 0.1) is 26.0 Å². The molecular weight excluding hydrogens is 451 g/mol. The highest BCUT2D eigenvalue weighted by Gasteiger charge is 2.32. The summed E-state index contributed by atoms with van der Waals surface area (Å²) in [6, 6.07) is 17.3. The molecule has 3 heterocycles. The summed E-state index contributed by atoms with van der Waals surface area (Å²) < 4.78 is 25.7. The van der Waals surface area contributed by atoms with Crippen molar-refractivity contribution >= 4 is 5.91 Å². The maximum Gasteiger partial charge on any atom is 0.289 e. The molecule has 5 rings (SSSR count). The first-order valence-corrected chi connectivity index (χ1v) is 11.3. The Balaban J connectivity index is 1.41. The van der Waals surface area contributed by atoms with Crippen molar-refractivity contribution < 1.29 is 18.3 Å².